The lowest BCUT2D eigenvalue weighted by molar-refractivity contribution is 1.78. The Hall–Kier alpha value is -5.33. The molecule has 2 heteroatoms. The number of hydrogen-bond donors (Lipinski definition) is 0. The van der Waals surface area contributed by atoms with Crippen molar-refractivity contribution in [3.8, 4) is 0 Å². The van der Waals surface area contributed by atoms with E-state index in [0.717, 1.165) is 0 Å². The van der Waals surface area contributed by atoms with Crippen LogP contribution in [0.3, 0.4) is 0 Å². The molecule has 0 aromatic heterocycles. The van der Waals surface area contributed by atoms with Crippen LogP contribution < -0.4 is 21.9 Å². The average molecular weight is 616 g/mol. The molecule has 9 aromatic carbocycles. The van der Waals surface area contributed by atoms with Gasteiger partial charge in [0.05, 0.1) is 0 Å². The Labute approximate surface area is 287 Å². The van der Waals surface area contributed by atoms with Crippen molar-refractivity contribution in [2.45, 2.75) is 29.7 Å². The van der Waals surface area contributed by atoms with Gasteiger partial charge in [0.1, 0.15) is 0 Å². The Morgan fingerprint density at radius 2 is 0.417 bits per heavy atom. The highest BCUT2D eigenvalue weighted by Crippen LogP contribution is 2.25. The van der Waals surface area contributed by atoms with Gasteiger partial charge >= 0.3 is 0 Å². The summed E-state index contributed by atoms with van der Waals surface area (Å²) in [6.45, 7) is 0. The van der Waals surface area contributed by atoms with Crippen molar-refractivity contribution in [1.29, 1.82) is 0 Å². The second-order valence-electron chi connectivity index (χ2n) is 11.7. The van der Waals surface area contributed by atoms with Gasteiger partial charge in [-0.3, -0.25) is 0 Å². The Bertz CT molecular complexity index is 2220. The number of rotatable bonds is 4. The van der Waals surface area contributed by atoms with Gasteiger partial charge in [-0.2, -0.15) is 0 Å². The van der Waals surface area contributed by atoms with Crippen LogP contribution in [0.1, 0.15) is 29.7 Å². The lowest BCUT2D eigenvalue weighted by Gasteiger charge is -2.19. The van der Waals surface area contributed by atoms with Crippen LogP contribution in [0, 0.1) is 0 Å². The summed E-state index contributed by atoms with van der Waals surface area (Å²) in [5.74, 6) is 0. The number of fused-ring (bicyclic) bond motifs is 6. The molecule has 0 N–H and O–H groups in total. The first kappa shape index (κ1) is 34.0. The molecule has 0 bridgehead atoms. The van der Waals surface area contributed by atoms with E-state index in [2.05, 4.69) is 172 Å². The van der Waals surface area contributed by atoms with E-state index in [0.29, 0.717) is 0 Å². The Morgan fingerprint density at radius 1 is 0.229 bits per heavy atom. The van der Waals surface area contributed by atoms with E-state index in [1.165, 1.54) is 86.5 Å². The van der Waals surface area contributed by atoms with Crippen molar-refractivity contribution < 1.29 is 0 Å². The van der Waals surface area contributed by atoms with Gasteiger partial charge in [-0.05, 0) is 76.8 Å². The van der Waals surface area contributed by atoms with E-state index in [9.17, 15) is 0 Å². The van der Waals surface area contributed by atoms with Crippen LogP contribution in [0.5, 0.6) is 0 Å². The summed E-state index contributed by atoms with van der Waals surface area (Å²) in [5, 5.41) is 15.2. The fourth-order valence-electron chi connectivity index (χ4n) is 7.20. The van der Waals surface area contributed by atoms with Crippen LogP contribution in [0.15, 0.2) is 158 Å². The zero-order chi connectivity index (χ0) is 29.0. The van der Waals surface area contributed by atoms with Crippen molar-refractivity contribution in [2.24, 2.45) is 0 Å². The van der Waals surface area contributed by atoms with Gasteiger partial charge in [0.15, 0.2) is 14.6 Å². The van der Waals surface area contributed by atoms with Gasteiger partial charge in [0.2, 0.25) is 0 Å². The molecule has 0 amide bonds. The van der Waals surface area contributed by atoms with Crippen LogP contribution >= 0.6 is 0 Å². The highest BCUT2D eigenvalue weighted by atomic mass is 14.1. The molecule has 0 heterocycles. The first-order valence-corrected chi connectivity index (χ1v) is 15.3. The van der Waals surface area contributed by atoms with E-state index in [-0.39, 0.29) is 29.7 Å². The molecular formula is C46H42B2. The first-order chi connectivity index (χ1) is 21.8. The predicted octanol–water partition coefficient (Wildman–Crippen LogP) is 10.5. The molecule has 0 aliphatic rings. The van der Waals surface area contributed by atoms with E-state index in [4.69, 9.17) is 0 Å². The van der Waals surface area contributed by atoms with Crippen molar-refractivity contribution in [3.63, 3.8) is 0 Å². The molecule has 0 atom stereocenters. The third-order valence-electron chi connectivity index (χ3n) is 9.22. The van der Waals surface area contributed by atoms with Crippen molar-refractivity contribution in [2.75, 3.05) is 0 Å². The van der Waals surface area contributed by atoms with E-state index in [1.54, 1.807) is 0 Å². The van der Waals surface area contributed by atoms with Crippen molar-refractivity contribution >= 4 is 101 Å². The Balaban J connectivity index is 0.00000113. The lowest BCUT2D eigenvalue weighted by atomic mass is 9.54. The minimum absolute atomic E-state index is 0. The highest BCUT2D eigenvalue weighted by molar-refractivity contribution is 6.81. The number of benzene rings is 9. The summed E-state index contributed by atoms with van der Waals surface area (Å²) in [5.41, 5.74) is 5.06. The third-order valence-corrected chi connectivity index (χ3v) is 9.22. The smallest absolute Gasteiger partial charge is 0.0776 e. The Kier molecular flexibility index (Phi) is 9.78. The monoisotopic (exact) mass is 616 g/mol. The van der Waals surface area contributed by atoms with Gasteiger partial charge in [0, 0.05) is 0 Å². The molecule has 0 saturated heterocycles. The second-order valence-corrected chi connectivity index (χ2v) is 11.7. The summed E-state index contributed by atoms with van der Waals surface area (Å²) >= 11 is 0. The summed E-state index contributed by atoms with van der Waals surface area (Å²) in [7, 11) is 4.87. The maximum Gasteiger partial charge on any atom is 0.194 e. The molecule has 0 aliphatic heterocycles. The maximum atomic E-state index is 2.44. The van der Waals surface area contributed by atoms with Gasteiger partial charge in [-0.25, -0.2) is 0 Å². The highest BCUT2D eigenvalue weighted by Gasteiger charge is 2.19. The van der Waals surface area contributed by atoms with E-state index < -0.39 is 0 Å². The minimum atomic E-state index is 0. The predicted molar refractivity (Wildman–Crippen MR) is 221 cm³/mol. The van der Waals surface area contributed by atoms with Crippen LogP contribution in [0.2, 0.25) is 0 Å². The van der Waals surface area contributed by atoms with Crippen molar-refractivity contribution in [3.05, 3.63) is 158 Å². The van der Waals surface area contributed by atoms with Crippen LogP contribution in [0.4, 0.5) is 0 Å². The third kappa shape index (κ3) is 5.42. The van der Waals surface area contributed by atoms with E-state index >= 15 is 0 Å². The number of hydrogen-bond acceptors (Lipinski definition) is 0. The molecule has 232 valence electrons. The molecule has 48 heavy (non-hydrogen) atoms. The standard InChI is InChI=1S/C42H26B2.4CH4/c1-5-17-31-27(13-1)25-28-14-2-6-18-32(28)39(31)43-41-35-21-9-11-23-37(35)42(38-24-12-10-22-36(38)41)44-40-33-19-7-3-15-29(33)26-30-16-4-8-20-34(30)40;;;;/h1-26H;4*1H4. The van der Waals surface area contributed by atoms with Gasteiger partial charge in [-0.15, -0.1) is 0 Å². The Morgan fingerprint density at radius 3 is 0.667 bits per heavy atom. The van der Waals surface area contributed by atoms with Gasteiger partial charge < -0.3 is 0 Å². The molecule has 0 unspecified atom stereocenters. The normalized spacial score (nSPS) is 10.7. The SMILES string of the molecule is C.C.C.C.[B](c1c2ccccc2cc2ccccc12)c1c2ccccc2c([B]c2c3ccccc3cc3ccccc23)c2ccccc12. The van der Waals surface area contributed by atoms with Gasteiger partial charge in [0.25, 0.3) is 0 Å². The van der Waals surface area contributed by atoms with Crippen molar-refractivity contribution in [1.82, 2.24) is 0 Å². The molecule has 0 saturated carbocycles. The molecule has 0 nitrogen and oxygen atoms in total. The summed E-state index contributed by atoms with van der Waals surface area (Å²) < 4.78 is 0. The van der Waals surface area contributed by atoms with Crippen LogP contribution in [-0.2, 0) is 0 Å². The van der Waals surface area contributed by atoms with E-state index in [1.807, 2.05) is 0 Å². The topological polar surface area (TPSA) is 0 Å². The molecule has 2 radical (unpaired) electrons. The van der Waals surface area contributed by atoms with Crippen LogP contribution in [-0.4, -0.2) is 14.6 Å². The molecular weight excluding hydrogens is 574 g/mol. The second kappa shape index (κ2) is 13.8. The maximum absolute atomic E-state index is 2.44. The lowest BCUT2D eigenvalue weighted by Crippen LogP contribution is -2.35. The van der Waals surface area contributed by atoms with Crippen LogP contribution in [0.25, 0.3) is 64.6 Å². The fourth-order valence-corrected chi connectivity index (χ4v) is 7.20. The minimum Gasteiger partial charge on any atom is -0.0776 e. The summed E-state index contributed by atoms with van der Waals surface area (Å²) in [6, 6.07) is 57.5. The molecule has 0 aliphatic carbocycles. The zero-order valence-electron chi connectivity index (χ0n) is 24.2. The largest absolute Gasteiger partial charge is 0.194 e. The quantitative estimate of drug-likeness (QED) is 0.136. The molecule has 0 fully saturated rings. The molecule has 0 spiro atoms. The van der Waals surface area contributed by atoms with Gasteiger partial charge in [-0.1, -0.05) is 197 Å². The summed E-state index contributed by atoms with van der Waals surface area (Å²) in [6.07, 6.45) is 0. The molecule has 9 aromatic rings. The first-order valence-electron chi connectivity index (χ1n) is 15.3. The average Bonchev–Trinajstić information content (AvgIpc) is 3.09. The summed E-state index contributed by atoms with van der Waals surface area (Å²) in [4.78, 5) is 0. The fraction of sp³-hybridized carbons (Fsp3) is 0.0870. The molecule has 9 rings (SSSR count). The zero-order valence-corrected chi connectivity index (χ0v) is 24.2.